The number of hydrogen-bond donors (Lipinski definition) is 1. The third-order valence-electron chi connectivity index (χ3n) is 4.11. The van der Waals surface area contributed by atoms with Gasteiger partial charge in [-0.2, -0.15) is 0 Å². The first kappa shape index (κ1) is 17.6. The molecule has 0 unspecified atom stereocenters. The quantitative estimate of drug-likeness (QED) is 0.712. The van der Waals surface area contributed by atoms with Crippen molar-refractivity contribution in [3.63, 3.8) is 0 Å². The molecule has 0 aliphatic heterocycles. The zero-order valence-corrected chi connectivity index (χ0v) is 14.8. The molecular weight excluding hydrogens is 324 g/mol. The molecule has 5 heteroatoms. The molecule has 3 rings (SSSR count). The second-order valence-electron chi connectivity index (χ2n) is 5.95. The van der Waals surface area contributed by atoms with E-state index in [4.69, 9.17) is 0 Å². The minimum atomic E-state index is -0.117. The monoisotopic (exact) mass is 346 g/mol. The molecule has 3 aromatic rings. The van der Waals surface area contributed by atoms with Gasteiger partial charge >= 0.3 is 0 Å². The molecule has 26 heavy (non-hydrogen) atoms. The van der Waals surface area contributed by atoms with Crippen LogP contribution in [0.25, 0.3) is 0 Å². The van der Waals surface area contributed by atoms with Crippen molar-refractivity contribution in [2.45, 2.75) is 20.0 Å². The normalized spacial score (nSPS) is 10.3. The number of amides is 1. The zero-order valence-electron chi connectivity index (χ0n) is 14.8. The molecule has 1 amide bonds. The van der Waals surface area contributed by atoms with Crippen molar-refractivity contribution in [3.05, 3.63) is 89.9 Å². The van der Waals surface area contributed by atoms with Crippen molar-refractivity contribution in [2.75, 3.05) is 11.4 Å². The van der Waals surface area contributed by atoms with Crippen LogP contribution in [0.4, 0.5) is 5.82 Å². The number of rotatable bonds is 7. The average molecular weight is 346 g/mol. The van der Waals surface area contributed by atoms with Crippen LogP contribution in [0, 0.1) is 0 Å². The van der Waals surface area contributed by atoms with E-state index in [1.807, 2.05) is 36.4 Å². The first-order valence-corrected chi connectivity index (χ1v) is 8.68. The van der Waals surface area contributed by atoms with Crippen molar-refractivity contribution in [1.82, 2.24) is 15.3 Å². The fraction of sp³-hybridized carbons (Fsp3) is 0.190. The molecule has 1 N–H and O–H groups in total. The standard InChI is InChI=1S/C21H22N4O/c1-2-25(16-17-7-4-3-5-8-17)20-13-19(10-12-23-20)21(26)24-15-18-9-6-11-22-14-18/h3-14H,2,15-16H2,1H3,(H,24,26). The lowest BCUT2D eigenvalue weighted by molar-refractivity contribution is 0.0951. The second-order valence-corrected chi connectivity index (χ2v) is 5.95. The van der Waals surface area contributed by atoms with Gasteiger partial charge in [-0.15, -0.1) is 0 Å². The highest BCUT2D eigenvalue weighted by Gasteiger charge is 2.11. The first-order valence-electron chi connectivity index (χ1n) is 8.68. The number of nitrogens with one attached hydrogen (secondary N) is 1. The lowest BCUT2D eigenvalue weighted by atomic mass is 10.2. The summed E-state index contributed by atoms with van der Waals surface area (Å²) in [5, 5.41) is 2.92. The minimum absolute atomic E-state index is 0.117. The Kier molecular flexibility index (Phi) is 5.93. The molecular formula is C21H22N4O. The van der Waals surface area contributed by atoms with E-state index in [-0.39, 0.29) is 5.91 Å². The maximum atomic E-state index is 12.5. The van der Waals surface area contributed by atoms with Gasteiger partial charge in [-0.05, 0) is 36.2 Å². The predicted octanol–water partition coefficient (Wildman–Crippen LogP) is 3.43. The molecule has 0 atom stereocenters. The minimum Gasteiger partial charge on any atom is -0.353 e. The predicted molar refractivity (Wildman–Crippen MR) is 103 cm³/mol. The molecule has 0 aliphatic rings. The molecule has 0 fully saturated rings. The zero-order chi connectivity index (χ0) is 18.2. The molecule has 5 nitrogen and oxygen atoms in total. The van der Waals surface area contributed by atoms with E-state index >= 15 is 0 Å². The summed E-state index contributed by atoms with van der Waals surface area (Å²) in [7, 11) is 0. The van der Waals surface area contributed by atoms with Gasteiger partial charge in [0.1, 0.15) is 5.82 Å². The van der Waals surface area contributed by atoms with Gasteiger partial charge in [0, 0.05) is 43.8 Å². The lowest BCUT2D eigenvalue weighted by Gasteiger charge is -2.22. The fourth-order valence-electron chi connectivity index (χ4n) is 2.68. The van der Waals surface area contributed by atoms with Crippen LogP contribution in [0.1, 0.15) is 28.4 Å². The summed E-state index contributed by atoms with van der Waals surface area (Å²) in [6.07, 6.45) is 5.14. The van der Waals surface area contributed by atoms with Crippen molar-refractivity contribution in [2.24, 2.45) is 0 Å². The summed E-state index contributed by atoms with van der Waals surface area (Å²) < 4.78 is 0. The van der Waals surface area contributed by atoms with Gasteiger partial charge in [-0.1, -0.05) is 36.4 Å². The third kappa shape index (κ3) is 4.66. The number of nitrogens with zero attached hydrogens (tertiary/aromatic N) is 3. The van der Waals surface area contributed by atoms with E-state index in [0.29, 0.717) is 12.1 Å². The van der Waals surface area contributed by atoms with Crippen LogP contribution < -0.4 is 10.2 Å². The summed E-state index contributed by atoms with van der Waals surface area (Å²) in [4.78, 5) is 23.1. The van der Waals surface area contributed by atoms with Crippen molar-refractivity contribution in [3.8, 4) is 0 Å². The van der Waals surface area contributed by atoms with Crippen LogP contribution in [0.5, 0.6) is 0 Å². The van der Waals surface area contributed by atoms with Crippen LogP contribution in [0.3, 0.4) is 0 Å². The summed E-state index contributed by atoms with van der Waals surface area (Å²) in [6, 6.07) is 17.6. The van der Waals surface area contributed by atoms with E-state index in [0.717, 1.165) is 24.5 Å². The summed E-state index contributed by atoms with van der Waals surface area (Å²) in [6.45, 7) is 4.10. The van der Waals surface area contributed by atoms with Crippen molar-refractivity contribution >= 4 is 11.7 Å². The summed E-state index contributed by atoms with van der Waals surface area (Å²) in [5.41, 5.74) is 2.78. The van der Waals surface area contributed by atoms with Crippen LogP contribution in [-0.2, 0) is 13.1 Å². The van der Waals surface area contributed by atoms with Gasteiger partial charge in [-0.3, -0.25) is 9.78 Å². The molecule has 0 saturated carbocycles. The number of carbonyl (C=O) groups excluding carboxylic acids is 1. The van der Waals surface area contributed by atoms with E-state index in [2.05, 4.69) is 39.2 Å². The molecule has 132 valence electrons. The summed E-state index contributed by atoms with van der Waals surface area (Å²) in [5.74, 6) is 0.679. The van der Waals surface area contributed by atoms with Gasteiger partial charge in [0.25, 0.3) is 5.91 Å². The van der Waals surface area contributed by atoms with E-state index < -0.39 is 0 Å². The van der Waals surface area contributed by atoms with Crippen LogP contribution in [0.2, 0.25) is 0 Å². The Balaban J connectivity index is 1.69. The highest BCUT2D eigenvalue weighted by Crippen LogP contribution is 2.16. The lowest BCUT2D eigenvalue weighted by Crippen LogP contribution is -2.25. The molecule has 0 spiro atoms. The second kappa shape index (κ2) is 8.76. The number of hydrogen-bond acceptors (Lipinski definition) is 4. The maximum Gasteiger partial charge on any atom is 0.251 e. The largest absolute Gasteiger partial charge is 0.353 e. The van der Waals surface area contributed by atoms with E-state index in [9.17, 15) is 4.79 Å². The van der Waals surface area contributed by atoms with Crippen LogP contribution in [0.15, 0.2) is 73.2 Å². The highest BCUT2D eigenvalue weighted by atomic mass is 16.1. The molecule has 0 aliphatic carbocycles. The molecule has 1 aromatic carbocycles. The van der Waals surface area contributed by atoms with E-state index in [1.165, 1.54) is 5.56 Å². The van der Waals surface area contributed by atoms with Crippen LogP contribution in [-0.4, -0.2) is 22.4 Å². The van der Waals surface area contributed by atoms with E-state index in [1.54, 1.807) is 24.7 Å². The molecule has 0 saturated heterocycles. The highest BCUT2D eigenvalue weighted by molar-refractivity contribution is 5.94. The fourth-order valence-corrected chi connectivity index (χ4v) is 2.68. The first-order chi connectivity index (χ1) is 12.8. The summed E-state index contributed by atoms with van der Waals surface area (Å²) >= 11 is 0. The molecule has 0 bridgehead atoms. The smallest absolute Gasteiger partial charge is 0.251 e. The topological polar surface area (TPSA) is 58.1 Å². The Morgan fingerprint density at radius 2 is 1.85 bits per heavy atom. The number of pyridine rings is 2. The van der Waals surface area contributed by atoms with Gasteiger partial charge in [0.2, 0.25) is 0 Å². The van der Waals surface area contributed by atoms with Gasteiger partial charge in [-0.25, -0.2) is 4.98 Å². The Labute approximate surface area is 153 Å². The van der Waals surface area contributed by atoms with Crippen LogP contribution >= 0.6 is 0 Å². The number of benzene rings is 1. The molecule has 0 radical (unpaired) electrons. The number of anilines is 1. The number of aromatic nitrogens is 2. The van der Waals surface area contributed by atoms with Crippen molar-refractivity contribution < 1.29 is 4.79 Å². The maximum absolute atomic E-state index is 12.5. The van der Waals surface area contributed by atoms with Gasteiger partial charge in [0.05, 0.1) is 0 Å². The van der Waals surface area contributed by atoms with Crippen molar-refractivity contribution in [1.29, 1.82) is 0 Å². The number of carbonyl (C=O) groups is 1. The van der Waals surface area contributed by atoms with Gasteiger partial charge < -0.3 is 10.2 Å². The van der Waals surface area contributed by atoms with Gasteiger partial charge in [0.15, 0.2) is 0 Å². The molecule has 2 heterocycles. The Hall–Kier alpha value is -3.21. The Morgan fingerprint density at radius 1 is 1.04 bits per heavy atom. The molecule has 2 aromatic heterocycles. The Morgan fingerprint density at radius 3 is 2.58 bits per heavy atom. The average Bonchev–Trinajstić information content (AvgIpc) is 2.72. The third-order valence-corrected chi connectivity index (χ3v) is 4.11. The Bertz CT molecular complexity index is 837. The SMILES string of the molecule is CCN(Cc1ccccc1)c1cc(C(=O)NCc2cccnc2)ccn1.